The molecule has 8 nitrogen and oxygen atoms in total. The van der Waals surface area contributed by atoms with Gasteiger partial charge in [-0.2, -0.15) is 5.10 Å². The van der Waals surface area contributed by atoms with Gasteiger partial charge in [-0.05, 0) is 25.1 Å². The number of benzene rings is 1. The van der Waals surface area contributed by atoms with Crippen molar-refractivity contribution in [2.45, 2.75) is 6.92 Å². The fraction of sp³-hybridized carbons (Fsp3) is 0.125. The van der Waals surface area contributed by atoms with Crippen LogP contribution in [0.3, 0.4) is 0 Å². The summed E-state index contributed by atoms with van der Waals surface area (Å²) in [4.78, 5) is 15.3. The molecular weight excluding hydrogens is 344 g/mol. The lowest BCUT2D eigenvalue weighted by molar-refractivity contribution is -0.402. The molecule has 9 heteroatoms. The van der Waals surface area contributed by atoms with Crippen molar-refractivity contribution in [3.8, 4) is 5.75 Å². The van der Waals surface area contributed by atoms with Crippen LogP contribution in [0.5, 0.6) is 5.75 Å². The summed E-state index contributed by atoms with van der Waals surface area (Å²) in [5.74, 6) is 0.617. The molecule has 0 amide bonds. The van der Waals surface area contributed by atoms with Gasteiger partial charge in [-0.25, -0.2) is 9.67 Å². The summed E-state index contributed by atoms with van der Waals surface area (Å²) in [5, 5.41) is 16.9. The first-order valence-corrected chi connectivity index (χ1v) is 8.10. The highest BCUT2D eigenvalue weighted by atomic mass is 32.1. The van der Waals surface area contributed by atoms with Crippen molar-refractivity contribution in [3.05, 3.63) is 68.1 Å². The Morgan fingerprint density at radius 2 is 2.12 bits per heavy atom. The molecule has 0 unspecified atom stereocenters. The number of hydrogen-bond donors (Lipinski definition) is 0. The minimum Gasteiger partial charge on any atom is -0.494 e. The lowest BCUT2D eigenvalue weighted by Gasteiger charge is -2.02. The third-order valence-electron chi connectivity index (χ3n) is 3.24. The Bertz CT molecular complexity index is 999. The number of ether oxygens (including phenoxy) is 1. The average molecular weight is 358 g/mol. The molecule has 25 heavy (non-hydrogen) atoms. The number of aryl methyl sites for hydroxylation is 1. The van der Waals surface area contributed by atoms with Crippen LogP contribution in [-0.2, 0) is 0 Å². The number of nitrogens with zero attached hydrogens (tertiary/aromatic N) is 4. The van der Waals surface area contributed by atoms with Gasteiger partial charge in [0.15, 0.2) is 5.76 Å². The van der Waals surface area contributed by atoms with Crippen LogP contribution in [0.25, 0.3) is 0 Å². The number of thiazole rings is 1. The molecular formula is C16H14N4O4S. The highest BCUT2D eigenvalue weighted by molar-refractivity contribution is 7.07. The van der Waals surface area contributed by atoms with E-state index in [0.29, 0.717) is 16.2 Å². The first kappa shape index (κ1) is 16.7. The van der Waals surface area contributed by atoms with E-state index in [2.05, 4.69) is 10.1 Å². The summed E-state index contributed by atoms with van der Waals surface area (Å²) in [6, 6.07) is 10.2. The third kappa shape index (κ3) is 3.66. The van der Waals surface area contributed by atoms with Crippen LogP contribution in [0.4, 0.5) is 11.6 Å². The van der Waals surface area contributed by atoms with Gasteiger partial charge in [0.1, 0.15) is 16.4 Å². The highest BCUT2D eigenvalue weighted by Gasteiger charge is 2.10. The predicted octanol–water partition coefficient (Wildman–Crippen LogP) is 3.48. The standard InChI is InChI=1S/C16H14N4O4S/c1-11-10-25-16(18-13-5-3-4-6-14(13)23-2)19(11)17-9-12-7-8-15(24-12)20(21)22/h3-10H,1-2H3. The summed E-state index contributed by atoms with van der Waals surface area (Å²) in [6.07, 6.45) is 1.41. The van der Waals surface area contributed by atoms with Gasteiger partial charge in [-0.15, -0.1) is 11.3 Å². The number of aromatic nitrogens is 1. The maximum Gasteiger partial charge on any atom is 0.433 e. The van der Waals surface area contributed by atoms with Gasteiger partial charge in [0.25, 0.3) is 0 Å². The molecule has 0 saturated heterocycles. The van der Waals surface area contributed by atoms with Crippen molar-refractivity contribution in [2.24, 2.45) is 10.1 Å². The molecule has 0 aliphatic carbocycles. The molecule has 128 valence electrons. The van der Waals surface area contributed by atoms with E-state index in [4.69, 9.17) is 9.15 Å². The minimum absolute atomic E-state index is 0.285. The Kier molecular flexibility index (Phi) is 4.75. The van der Waals surface area contributed by atoms with Gasteiger partial charge in [0.05, 0.1) is 25.1 Å². The van der Waals surface area contributed by atoms with E-state index < -0.39 is 4.92 Å². The van der Waals surface area contributed by atoms with E-state index in [1.807, 2.05) is 36.6 Å². The molecule has 0 aliphatic heterocycles. The molecule has 0 atom stereocenters. The number of furan rings is 1. The smallest absolute Gasteiger partial charge is 0.433 e. The topological polar surface area (TPSA) is 95.2 Å². The second-order valence-electron chi connectivity index (χ2n) is 4.93. The molecule has 3 aromatic rings. The summed E-state index contributed by atoms with van der Waals surface area (Å²) < 4.78 is 12.0. The molecule has 0 radical (unpaired) electrons. The van der Waals surface area contributed by atoms with Crippen LogP contribution in [-0.4, -0.2) is 22.9 Å². The molecule has 1 aromatic carbocycles. The number of hydrogen-bond acceptors (Lipinski definition) is 7. The Hall–Kier alpha value is -3.20. The van der Waals surface area contributed by atoms with Crippen molar-refractivity contribution in [1.29, 1.82) is 0 Å². The Labute approximate surface area is 146 Å². The summed E-state index contributed by atoms with van der Waals surface area (Å²) in [5.41, 5.74) is 1.56. The van der Waals surface area contributed by atoms with Crippen LogP contribution in [0.2, 0.25) is 0 Å². The Morgan fingerprint density at radius 1 is 1.32 bits per heavy atom. The molecule has 2 heterocycles. The van der Waals surface area contributed by atoms with Crippen LogP contribution < -0.4 is 9.54 Å². The quantitative estimate of drug-likeness (QED) is 0.396. The largest absolute Gasteiger partial charge is 0.494 e. The third-order valence-corrected chi connectivity index (χ3v) is 4.18. The maximum absolute atomic E-state index is 10.7. The van der Waals surface area contributed by atoms with Crippen LogP contribution in [0.1, 0.15) is 11.5 Å². The molecule has 3 rings (SSSR count). The zero-order valence-electron chi connectivity index (χ0n) is 13.4. The van der Waals surface area contributed by atoms with E-state index in [1.165, 1.54) is 29.7 Å². The highest BCUT2D eigenvalue weighted by Crippen LogP contribution is 2.25. The Balaban J connectivity index is 1.98. The van der Waals surface area contributed by atoms with Gasteiger partial charge in [-0.3, -0.25) is 10.1 Å². The lowest BCUT2D eigenvalue weighted by Crippen LogP contribution is -2.11. The van der Waals surface area contributed by atoms with Crippen molar-refractivity contribution in [1.82, 2.24) is 4.68 Å². The second kappa shape index (κ2) is 7.14. The zero-order valence-corrected chi connectivity index (χ0v) is 14.3. The van der Waals surface area contributed by atoms with Crippen molar-refractivity contribution >= 4 is 29.1 Å². The van der Waals surface area contributed by atoms with Gasteiger partial charge in [0, 0.05) is 5.38 Å². The molecule has 0 fully saturated rings. The molecule has 0 N–H and O–H groups in total. The van der Waals surface area contributed by atoms with E-state index in [1.54, 1.807) is 11.8 Å². The average Bonchev–Trinajstić information content (AvgIpc) is 3.21. The second-order valence-corrected chi connectivity index (χ2v) is 5.77. The molecule has 0 saturated carbocycles. The van der Waals surface area contributed by atoms with Crippen LogP contribution >= 0.6 is 11.3 Å². The van der Waals surface area contributed by atoms with Crippen LogP contribution in [0.15, 0.2) is 56.3 Å². The monoisotopic (exact) mass is 358 g/mol. The summed E-state index contributed by atoms with van der Waals surface area (Å²) >= 11 is 1.42. The molecule has 2 aromatic heterocycles. The first-order valence-electron chi connectivity index (χ1n) is 7.22. The van der Waals surface area contributed by atoms with E-state index in [-0.39, 0.29) is 11.6 Å². The van der Waals surface area contributed by atoms with Crippen molar-refractivity contribution in [2.75, 3.05) is 7.11 Å². The van der Waals surface area contributed by atoms with Gasteiger partial charge in [-0.1, -0.05) is 12.1 Å². The fourth-order valence-electron chi connectivity index (χ4n) is 2.05. The molecule has 0 bridgehead atoms. The van der Waals surface area contributed by atoms with Gasteiger partial charge < -0.3 is 9.15 Å². The minimum atomic E-state index is -0.594. The van der Waals surface area contributed by atoms with Crippen LogP contribution in [0, 0.1) is 17.0 Å². The number of methoxy groups -OCH3 is 1. The zero-order chi connectivity index (χ0) is 17.8. The lowest BCUT2D eigenvalue weighted by atomic mass is 10.3. The number of nitro groups is 1. The SMILES string of the molecule is COc1ccccc1N=c1scc(C)n1N=Cc1ccc([N+](=O)[O-])o1. The fourth-order valence-corrected chi connectivity index (χ4v) is 2.87. The van der Waals surface area contributed by atoms with Crippen molar-refractivity contribution in [3.63, 3.8) is 0 Å². The maximum atomic E-state index is 10.7. The summed E-state index contributed by atoms with van der Waals surface area (Å²) in [6.45, 7) is 1.89. The van der Waals surface area contributed by atoms with E-state index in [0.717, 1.165) is 5.69 Å². The molecule has 0 aliphatic rings. The van der Waals surface area contributed by atoms with Gasteiger partial charge >= 0.3 is 5.88 Å². The first-order chi connectivity index (χ1) is 12.1. The van der Waals surface area contributed by atoms with E-state index in [9.17, 15) is 10.1 Å². The summed E-state index contributed by atoms with van der Waals surface area (Å²) in [7, 11) is 1.59. The molecule has 0 spiro atoms. The number of rotatable bonds is 5. The normalized spacial score (nSPS) is 12.0. The van der Waals surface area contributed by atoms with E-state index >= 15 is 0 Å². The Morgan fingerprint density at radius 3 is 2.84 bits per heavy atom. The number of para-hydroxylation sites is 2. The predicted molar refractivity (Wildman–Crippen MR) is 93.6 cm³/mol. The van der Waals surface area contributed by atoms with Crippen molar-refractivity contribution < 1.29 is 14.1 Å². The van der Waals surface area contributed by atoms with Gasteiger partial charge in [0.2, 0.25) is 4.80 Å².